The quantitative estimate of drug-likeness (QED) is 0.622. The molecule has 0 fully saturated rings. The molecule has 0 saturated carbocycles. The molecule has 0 aliphatic rings. The number of benzene rings is 1. The zero-order valence-electron chi connectivity index (χ0n) is 11.7. The smallest absolute Gasteiger partial charge is 0.296 e. The second-order valence-corrected chi connectivity index (χ2v) is 5.06. The number of anilines is 1. The third-order valence-corrected chi connectivity index (χ3v) is 2.93. The molecule has 0 aliphatic carbocycles. The topological polar surface area (TPSA) is 98.3 Å². The predicted molar refractivity (Wildman–Crippen MR) is 73.6 cm³/mol. The van der Waals surface area contributed by atoms with Crippen molar-refractivity contribution in [3.05, 3.63) is 33.9 Å². The van der Waals surface area contributed by atoms with Gasteiger partial charge in [0.2, 0.25) is 5.91 Å². The van der Waals surface area contributed by atoms with Crippen LogP contribution in [0.4, 0.5) is 20.2 Å². The van der Waals surface area contributed by atoms with Crippen molar-refractivity contribution in [3.63, 3.8) is 0 Å². The second-order valence-electron chi connectivity index (χ2n) is 5.06. The summed E-state index contributed by atoms with van der Waals surface area (Å²) in [6.07, 6.45) is 0.438. The summed E-state index contributed by atoms with van der Waals surface area (Å²) in [5.74, 6) is -3.87. The van der Waals surface area contributed by atoms with Crippen LogP contribution in [0.3, 0.4) is 0 Å². The van der Waals surface area contributed by atoms with E-state index in [1.54, 1.807) is 0 Å². The van der Waals surface area contributed by atoms with E-state index in [2.05, 4.69) is 5.32 Å². The van der Waals surface area contributed by atoms with Crippen LogP contribution in [-0.4, -0.2) is 17.4 Å². The standard InChI is InChI=1S/C13H17F2N3O3/c1-7(2)5-8(6-16)13(19)17-12-10(18(20)21)4-3-9(14)11(12)15/h3-4,7-8H,5-6,16H2,1-2H3,(H,17,19). The van der Waals surface area contributed by atoms with Gasteiger partial charge in [-0.15, -0.1) is 0 Å². The number of nitrogens with one attached hydrogen (secondary N) is 1. The van der Waals surface area contributed by atoms with Crippen molar-refractivity contribution in [2.75, 3.05) is 11.9 Å². The van der Waals surface area contributed by atoms with Gasteiger partial charge in [-0.05, 0) is 18.4 Å². The molecule has 3 N–H and O–H groups in total. The monoisotopic (exact) mass is 301 g/mol. The molecule has 0 spiro atoms. The van der Waals surface area contributed by atoms with Crippen molar-refractivity contribution in [1.29, 1.82) is 0 Å². The average molecular weight is 301 g/mol. The lowest BCUT2D eigenvalue weighted by Crippen LogP contribution is -2.31. The average Bonchev–Trinajstić information content (AvgIpc) is 2.40. The minimum absolute atomic E-state index is 0.00868. The summed E-state index contributed by atoms with van der Waals surface area (Å²) in [7, 11) is 0. The summed E-state index contributed by atoms with van der Waals surface area (Å²) in [6.45, 7) is 3.76. The zero-order chi connectivity index (χ0) is 16.2. The van der Waals surface area contributed by atoms with Gasteiger partial charge in [0.15, 0.2) is 17.3 Å². The number of hydrogen-bond acceptors (Lipinski definition) is 4. The Hall–Kier alpha value is -2.09. The number of nitro groups is 1. The van der Waals surface area contributed by atoms with Gasteiger partial charge in [-0.2, -0.15) is 0 Å². The molecule has 6 nitrogen and oxygen atoms in total. The lowest BCUT2D eigenvalue weighted by molar-refractivity contribution is -0.384. The molecule has 21 heavy (non-hydrogen) atoms. The van der Waals surface area contributed by atoms with E-state index >= 15 is 0 Å². The number of nitrogens with two attached hydrogens (primary N) is 1. The SMILES string of the molecule is CC(C)CC(CN)C(=O)Nc1c([N+](=O)[O-])ccc(F)c1F. The van der Waals surface area contributed by atoms with Crippen molar-refractivity contribution in [3.8, 4) is 0 Å². The Bertz CT molecular complexity index is 550. The second kappa shape index (κ2) is 7.07. The molecule has 1 aromatic rings. The molecule has 1 atom stereocenters. The van der Waals surface area contributed by atoms with Gasteiger partial charge in [-0.25, -0.2) is 8.78 Å². The normalized spacial score (nSPS) is 12.3. The summed E-state index contributed by atoms with van der Waals surface area (Å²) in [5, 5.41) is 12.9. The molecule has 8 heteroatoms. The van der Waals surface area contributed by atoms with Gasteiger partial charge in [0, 0.05) is 12.6 Å². The third-order valence-electron chi connectivity index (χ3n) is 2.93. The highest BCUT2D eigenvalue weighted by molar-refractivity contribution is 5.95. The van der Waals surface area contributed by atoms with Crippen LogP contribution < -0.4 is 11.1 Å². The summed E-state index contributed by atoms with van der Waals surface area (Å²) >= 11 is 0. The maximum absolute atomic E-state index is 13.7. The van der Waals surface area contributed by atoms with E-state index in [9.17, 15) is 23.7 Å². The Kier molecular flexibility index (Phi) is 5.71. The van der Waals surface area contributed by atoms with Gasteiger partial charge < -0.3 is 11.1 Å². The molecular formula is C13H17F2N3O3. The van der Waals surface area contributed by atoms with E-state index in [1.807, 2.05) is 13.8 Å². The largest absolute Gasteiger partial charge is 0.330 e. The number of hydrogen-bond donors (Lipinski definition) is 2. The molecule has 1 unspecified atom stereocenters. The van der Waals surface area contributed by atoms with E-state index < -0.39 is 39.8 Å². The van der Waals surface area contributed by atoms with Gasteiger partial charge in [0.05, 0.1) is 10.8 Å². The van der Waals surface area contributed by atoms with Gasteiger partial charge >= 0.3 is 0 Å². The Labute approximate surface area is 120 Å². The van der Waals surface area contributed by atoms with Gasteiger partial charge in [0.1, 0.15) is 0 Å². The van der Waals surface area contributed by atoms with Gasteiger partial charge in [-0.1, -0.05) is 13.8 Å². The van der Waals surface area contributed by atoms with Crippen molar-refractivity contribution in [2.45, 2.75) is 20.3 Å². The van der Waals surface area contributed by atoms with E-state index in [1.165, 1.54) is 0 Å². The molecule has 1 aromatic carbocycles. The lowest BCUT2D eigenvalue weighted by atomic mass is 9.96. The number of carbonyl (C=O) groups is 1. The predicted octanol–water partition coefficient (Wildman–Crippen LogP) is 2.43. The number of nitrogens with zero attached hydrogens (tertiary/aromatic N) is 1. The molecule has 0 saturated heterocycles. The first kappa shape index (κ1) is 17.0. The molecule has 1 rings (SSSR count). The number of carbonyl (C=O) groups excluding carboxylic acids is 1. The molecular weight excluding hydrogens is 284 g/mol. The first-order chi connectivity index (χ1) is 9.77. The molecule has 0 bridgehead atoms. The Morgan fingerprint density at radius 3 is 2.52 bits per heavy atom. The van der Waals surface area contributed by atoms with Gasteiger partial charge in [-0.3, -0.25) is 14.9 Å². The van der Waals surface area contributed by atoms with Crippen LogP contribution in [0.1, 0.15) is 20.3 Å². The molecule has 0 radical (unpaired) electrons. The fourth-order valence-corrected chi connectivity index (χ4v) is 1.92. The third kappa shape index (κ3) is 4.19. The molecule has 0 heterocycles. The molecule has 0 aliphatic heterocycles. The van der Waals surface area contributed by atoms with Crippen LogP contribution in [0.2, 0.25) is 0 Å². The van der Waals surface area contributed by atoms with E-state index in [0.717, 1.165) is 6.07 Å². The van der Waals surface area contributed by atoms with Crippen LogP contribution in [0.15, 0.2) is 12.1 Å². The van der Waals surface area contributed by atoms with Crippen LogP contribution in [-0.2, 0) is 4.79 Å². The summed E-state index contributed by atoms with van der Waals surface area (Å²) in [5.41, 5.74) is 4.00. The Morgan fingerprint density at radius 2 is 2.05 bits per heavy atom. The number of halogens is 2. The number of amides is 1. The zero-order valence-corrected chi connectivity index (χ0v) is 11.7. The van der Waals surface area contributed by atoms with E-state index in [-0.39, 0.29) is 12.5 Å². The van der Waals surface area contributed by atoms with Crippen molar-refractivity contribution < 1.29 is 18.5 Å². The highest BCUT2D eigenvalue weighted by Crippen LogP contribution is 2.29. The van der Waals surface area contributed by atoms with Crippen molar-refractivity contribution in [2.24, 2.45) is 17.6 Å². The van der Waals surface area contributed by atoms with Gasteiger partial charge in [0.25, 0.3) is 5.69 Å². The van der Waals surface area contributed by atoms with Crippen LogP contribution in [0.25, 0.3) is 0 Å². The first-order valence-electron chi connectivity index (χ1n) is 6.41. The fraction of sp³-hybridized carbons (Fsp3) is 0.462. The minimum atomic E-state index is -1.46. The molecule has 1 amide bonds. The highest BCUT2D eigenvalue weighted by atomic mass is 19.2. The molecule has 116 valence electrons. The van der Waals surface area contributed by atoms with E-state index in [0.29, 0.717) is 12.5 Å². The first-order valence-corrected chi connectivity index (χ1v) is 6.41. The summed E-state index contributed by atoms with van der Waals surface area (Å²) in [4.78, 5) is 21.9. The minimum Gasteiger partial charge on any atom is -0.330 e. The van der Waals surface area contributed by atoms with Crippen molar-refractivity contribution in [1.82, 2.24) is 0 Å². The fourth-order valence-electron chi connectivity index (χ4n) is 1.92. The van der Waals surface area contributed by atoms with Crippen LogP contribution >= 0.6 is 0 Å². The molecule has 0 aromatic heterocycles. The summed E-state index contributed by atoms with van der Waals surface area (Å²) in [6, 6.07) is 1.44. The van der Waals surface area contributed by atoms with Crippen molar-refractivity contribution >= 4 is 17.3 Å². The Balaban J connectivity index is 3.08. The number of rotatable bonds is 6. The van der Waals surface area contributed by atoms with Crippen LogP contribution in [0, 0.1) is 33.6 Å². The Morgan fingerprint density at radius 1 is 1.43 bits per heavy atom. The summed E-state index contributed by atoms with van der Waals surface area (Å²) < 4.78 is 26.9. The van der Waals surface area contributed by atoms with E-state index in [4.69, 9.17) is 5.73 Å². The number of nitro benzene ring substituents is 1. The maximum Gasteiger partial charge on any atom is 0.296 e. The van der Waals surface area contributed by atoms with Crippen LogP contribution in [0.5, 0.6) is 0 Å². The lowest BCUT2D eigenvalue weighted by Gasteiger charge is -2.17. The highest BCUT2D eigenvalue weighted by Gasteiger charge is 2.26. The maximum atomic E-state index is 13.7.